The van der Waals surface area contributed by atoms with Crippen molar-refractivity contribution in [1.82, 2.24) is 0 Å². The van der Waals surface area contributed by atoms with Gasteiger partial charge in [-0.1, -0.05) is 63.8 Å². The van der Waals surface area contributed by atoms with Gasteiger partial charge in [-0.3, -0.25) is 0 Å². The van der Waals surface area contributed by atoms with E-state index in [0.717, 1.165) is 64.2 Å². The first-order chi connectivity index (χ1) is 23.8. The number of allylic oxidation sites excluding steroid dienone is 8. The molecule has 0 saturated carbocycles. The van der Waals surface area contributed by atoms with E-state index in [4.69, 9.17) is 6.15 Å². The number of thiol groups is 2. The molecule has 0 amide bonds. The SMILES string of the molecule is CCCCC/C=C\C/C=C\CCCCCCC(CCS)C(=O)[O][Sn]([CH3])([CH3])[O]C(=O)C(CCS)CCCCCC/C=C\C/C=C\CCCCC. The fraction of sp³-hybridized carbons (Fsp3) is 0.762. The summed E-state index contributed by atoms with van der Waals surface area (Å²) in [5.41, 5.74) is 0. The average molecular weight is 828 g/mol. The molecule has 0 fully saturated rings. The van der Waals surface area contributed by atoms with Gasteiger partial charge in [0.05, 0.1) is 0 Å². The number of carbonyl (C=O) groups excluding carboxylic acids is 2. The molecule has 0 N–H and O–H groups in total. The summed E-state index contributed by atoms with van der Waals surface area (Å²) >= 11 is 5.00. The Morgan fingerprint density at radius 2 is 0.816 bits per heavy atom. The summed E-state index contributed by atoms with van der Waals surface area (Å²) in [7, 11) is 0. The molecular formula is C42H76O4S2Sn. The van der Waals surface area contributed by atoms with Crippen LogP contribution in [0.25, 0.3) is 0 Å². The minimum atomic E-state index is -3.81. The first-order valence-electron chi connectivity index (χ1n) is 20.1. The second kappa shape index (κ2) is 35.8. The zero-order valence-corrected chi connectivity index (χ0v) is 36.8. The van der Waals surface area contributed by atoms with Gasteiger partial charge in [-0.2, -0.15) is 0 Å². The molecule has 0 aromatic rings. The van der Waals surface area contributed by atoms with Crippen LogP contribution in [0, 0.1) is 11.8 Å². The Bertz CT molecular complexity index is 829. The van der Waals surface area contributed by atoms with Crippen LogP contribution in [0.4, 0.5) is 0 Å². The van der Waals surface area contributed by atoms with Gasteiger partial charge >= 0.3 is 232 Å². The third kappa shape index (κ3) is 31.8. The maximum atomic E-state index is 13.2. The van der Waals surface area contributed by atoms with Gasteiger partial charge in [0.15, 0.2) is 0 Å². The summed E-state index contributed by atoms with van der Waals surface area (Å²) < 4.78 is 12.0. The van der Waals surface area contributed by atoms with E-state index in [0.29, 0.717) is 24.3 Å². The first-order valence-corrected chi connectivity index (χ1v) is 29.4. The van der Waals surface area contributed by atoms with Crippen molar-refractivity contribution in [3.63, 3.8) is 0 Å². The molecule has 0 radical (unpaired) electrons. The topological polar surface area (TPSA) is 52.6 Å². The predicted octanol–water partition coefficient (Wildman–Crippen LogP) is 13.5. The van der Waals surface area contributed by atoms with E-state index in [1.807, 2.05) is 9.88 Å². The Kier molecular flexibility index (Phi) is 35.3. The van der Waals surface area contributed by atoms with Crippen LogP contribution in [-0.4, -0.2) is 42.6 Å². The smallest absolute Gasteiger partial charge is 0.0882 e. The van der Waals surface area contributed by atoms with E-state index in [-0.39, 0.29) is 23.8 Å². The van der Waals surface area contributed by atoms with Crippen LogP contribution < -0.4 is 0 Å². The van der Waals surface area contributed by atoms with E-state index in [2.05, 4.69) is 87.7 Å². The molecule has 0 rings (SSSR count). The Balaban J connectivity index is 4.36. The summed E-state index contributed by atoms with van der Waals surface area (Å²) in [4.78, 5) is 30.1. The number of hydrogen-bond acceptors (Lipinski definition) is 6. The molecule has 284 valence electrons. The summed E-state index contributed by atoms with van der Waals surface area (Å²) in [5.74, 6) is 0.541. The number of unbranched alkanes of at least 4 members (excludes halogenated alkanes) is 14. The average Bonchev–Trinajstić information content (AvgIpc) is 3.07. The zero-order chi connectivity index (χ0) is 36.3. The maximum absolute atomic E-state index is 13.2. The Labute approximate surface area is 320 Å². The molecule has 0 heterocycles. The molecule has 0 bridgehead atoms. The molecule has 0 aliphatic rings. The third-order valence-electron chi connectivity index (χ3n) is 8.82. The van der Waals surface area contributed by atoms with E-state index >= 15 is 0 Å². The van der Waals surface area contributed by atoms with Crippen molar-refractivity contribution in [2.24, 2.45) is 11.8 Å². The Hall–Kier alpha value is -0.601. The molecule has 0 spiro atoms. The molecule has 0 aromatic carbocycles. The fourth-order valence-electron chi connectivity index (χ4n) is 5.79. The van der Waals surface area contributed by atoms with Crippen molar-refractivity contribution >= 4 is 56.4 Å². The van der Waals surface area contributed by atoms with Gasteiger partial charge < -0.3 is 0 Å². The van der Waals surface area contributed by atoms with Gasteiger partial charge in [-0.15, -0.1) is 0 Å². The van der Waals surface area contributed by atoms with Gasteiger partial charge in [0.2, 0.25) is 0 Å². The van der Waals surface area contributed by atoms with Gasteiger partial charge in [0.1, 0.15) is 0 Å². The number of carbonyl (C=O) groups is 2. The Morgan fingerprint density at radius 1 is 0.490 bits per heavy atom. The predicted molar refractivity (Wildman–Crippen MR) is 223 cm³/mol. The Morgan fingerprint density at radius 3 is 1.14 bits per heavy atom. The fourth-order valence-corrected chi connectivity index (χ4v) is 10.3. The van der Waals surface area contributed by atoms with E-state index in [9.17, 15) is 9.59 Å². The zero-order valence-electron chi connectivity index (χ0n) is 32.2. The van der Waals surface area contributed by atoms with Crippen molar-refractivity contribution < 1.29 is 15.7 Å². The van der Waals surface area contributed by atoms with Gasteiger partial charge in [-0.25, -0.2) is 0 Å². The van der Waals surface area contributed by atoms with Gasteiger partial charge in [-0.05, 0) is 25.7 Å². The van der Waals surface area contributed by atoms with Crippen molar-refractivity contribution in [1.29, 1.82) is 0 Å². The normalized spacial score (nSPS) is 13.7. The van der Waals surface area contributed by atoms with Crippen molar-refractivity contribution in [2.75, 3.05) is 11.5 Å². The standard InChI is InChI=1S/2C20H36O2S.2CH3.Sn/c2*1-2-3-4-5-6-7-8-9-10-11-12-13-14-15-16-19(17-18-23)20(21)22;;;/h2*6-7,9-10,19,23H,2-5,8,11-18H2,1H3,(H,21,22);2*1H3;/q;;;;+2/p-2/b2*7-6-,10-9-;;;. The summed E-state index contributed by atoms with van der Waals surface area (Å²) in [6.07, 6.45) is 44.7. The summed E-state index contributed by atoms with van der Waals surface area (Å²) in [6.45, 7) is 4.48. The second-order valence-corrected chi connectivity index (χ2v) is 24.0. The van der Waals surface area contributed by atoms with E-state index < -0.39 is 19.2 Å². The quantitative estimate of drug-likeness (QED) is 0.0294. The van der Waals surface area contributed by atoms with Gasteiger partial charge in [0.25, 0.3) is 0 Å². The van der Waals surface area contributed by atoms with Crippen LogP contribution >= 0.6 is 25.3 Å². The first kappa shape index (κ1) is 48.4. The van der Waals surface area contributed by atoms with Crippen LogP contribution in [0.1, 0.15) is 168 Å². The van der Waals surface area contributed by atoms with Crippen LogP contribution in [0.5, 0.6) is 0 Å². The second-order valence-electron chi connectivity index (χ2n) is 14.0. The molecule has 2 atom stereocenters. The number of rotatable bonds is 34. The molecule has 49 heavy (non-hydrogen) atoms. The molecule has 0 saturated heterocycles. The molecule has 0 aromatic heterocycles. The van der Waals surface area contributed by atoms with Gasteiger partial charge in [0, 0.05) is 0 Å². The van der Waals surface area contributed by atoms with Crippen molar-refractivity contribution in [3.8, 4) is 0 Å². The molecule has 2 unspecified atom stereocenters. The van der Waals surface area contributed by atoms with Crippen LogP contribution in [0.3, 0.4) is 0 Å². The van der Waals surface area contributed by atoms with E-state index in [1.165, 1.54) is 77.0 Å². The molecule has 0 aliphatic carbocycles. The molecule has 7 heteroatoms. The van der Waals surface area contributed by atoms with Crippen molar-refractivity contribution in [3.05, 3.63) is 48.6 Å². The van der Waals surface area contributed by atoms with Crippen molar-refractivity contribution in [2.45, 2.75) is 178 Å². The number of hydrogen-bond donors (Lipinski definition) is 2. The molecular weight excluding hydrogens is 751 g/mol. The monoisotopic (exact) mass is 828 g/mol. The van der Waals surface area contributed by atoms with Crippen LogP contribution in [0.2, 0.25) is 9.88 Å². The minimum Gasteiger partial charge on any atom is -0.0882 e. The van der Waals surface area contributed by atoms with Crippen LogP contribution in [0.15, 0.2) is 48.6 Å². The molecule has 0 aliphatic heterocycles. The summed E-state index contributed by atoms with van der Waals surface area (Å²) in [5, 5.41) is 0. The summed E-state index contributed by atoms with van der Waals surface area (Å²) in [6, 6.07) is 0. The van der Waals surface area contributed by atoms with E-state index in [1.54, 1.807) is 0 Å². The third-order valence-corrected chi connectivity index (χ3v) is 13.3. The van der Waals surface area contributed by atoms with Crippen LogP contribution in [-0.2, 0) is 15.7 Å². The molecule has 4 nitrogen and oxygen atoms in total. The minimum absolute atomic E-state index is 0.175.